The number of ether oxygens (including phenoxy) is 1. The summed E-state index contributed by atoms with van der Waals surface area (Å²) in [4.78, 5) is 4.14. The van der Waals surface area contributed by atoms with Gasteiger partial charge in [0, 0.05) is 42.5 Å². The number of fused-ring (bicyclic) bond motifs is 1. The Balaban J connectivity index is 2.08. The van der Waals surface area contributed by atoms with Crippen molar-refractivity contribution >= 4 is 16.5 Å². The molecule has 0 saturated carbocycles. The van der Waals surface area contributed by atoms with E-state index in [2.05, 4.69) is 36.3 Å². The highest BCUT2D eigenvalue weighted by molar-refractivity contribution is 5.93. The van der Waals surface area contributed by atoms with E-state index >= 15 is 0 Å². The van der Waals surface area contributed by atoms with Gasteiger partial charge >= 0.3 is 0 Å². The van der Waals surface area contributed by atoms with Crippen LogP contribution in [0.1, 0.15) is 20.3 Å². The standard InChI is InChI=1S/C15H20N2O/c1-15(2,18-3)8-10-17-14-6-4-5-12-11-16-9-7-13(12)14/h4-7,9,11,17H,8,10H2,1-3H3. The second-order valence-electron chi connectivity index (χ2n) is 5.04. The van der Waals surface area contributed by atoms with Crippen LogP contribution in [0, 0.1) is 0 Å². The fraction of sp³-hybridized carbons (Fsp3) is 0.400. The molecule has 0 aliphatic rings. The Morgan fingerprint density at radius 2 is 2.11 bits per heavy atom. The van der Waals surface area contributed by atoms with Gasteiger partial charge in [0.2, 0.25) is 0 Å². The van der Waals surface area contributed by atoms with Crippen LogP contribution in [0.3, 0.4) is 0 Å². The van der Waals surface area contributed by atoms with Gasteiger partial charge in [-0.3, -0.25) is 4.98 Å². The van der Waals surface area contributed by atoms with Crippen molar-refractivity contribution in [3.8, 4) is 0 Å². The minimum absolute atomic E-state index is 0.0842. The number of anilines is 1. The van der Waals surface area contributed by atoms with Crippen LogP contribution in [-0.4, -0.2) is 24.2 Å². The largest absolute Gasteiger partial charge is 0.384 e. The molecule has 1 heterocycles. The van der Waals surface area contributed by atoms with E-state index in [0.717, 1.165) is 24.0 Å². The Kier molecular flexibility index (Phi) is 3.82. The normalized spacial score (nSPS) is 11.7. The van der Waals surface area contributed by atoms with E-state index in [1.165, 1.54) is 5.39 Å². The molecule has 1 aromatic carbocycles. The summed E-state index contributed by atoms with van der Waals surface area (Å²) in [5, 5.41) is 5.84. The Morgan fingerprint density at radius 3 is 2.89 bits per heavy atom. The summed E-state index contributed by atoms with van der Waals surface area (Å²) in [5.74, 6) is 0. The molecule has 0 atom stereocenters. The van der Waals surface area contributed by atoms with Gasteiger partial charge in [0.15, 0.2) is 0 Å². The van der Waals surface area contributed by atoms with E-state index in [1.807, 2.05) is 24.5 Å². The highest BCUT2D eigenvalue weighted by Crippen LogP contribution is 2.22. The van der Waals surface area contributed by atoms with Crippen molar-refractivity contribution in [2.75, 3.05) is 19.0 Å². The summed E-state index contributed by atoms with van der Waals surface area (Å²) in [6, 6.07) is 8.27. The van der Waals surface area contributed by atoms with Crippen molar-refractivity contribution in [3.63, 3.8) is 0 Å². The van der Waals surface area contributed by atoms with Crippen LogP contribution in [0.5, 0.6) is 0 Å². The number of nitrogens with zero attached hydrogens (tertiary/aromatic N) is 1. The SMILES string of the molecule is COC(C)(C)CCNc1cccc2cnccc12. The molecule has 0 unspecified atom stereocenters. The number of rotatable bonds is 5. The van der Waals surface area contributed by atoms with E-state index in [4.69, 9.17) is 4.74 Å². The Morgan fingerprint density at radius 1 is 1.28 bits per heavy atom. The van der Waals surface area contributed by atoms with Gasteiger partial charge in [0.25, 0.3) is 0 Å². The molecule has 0 radical (unpaired) electrons. The number of methoxy groups -OCH3 is 1. The van der Waals surface area contributed by atoms with Crippen molar-refractivity contribution in [2.24, 2.45) is 0 Å². The first-order chi connectivity index (χ1) is 8.62. The van der Waals surface area contributed by atoms with Gasteiger partial charge in [0.1, 0.15) is 0 Å². The minimum Gasteiger partial charge on any atom is -0.384 e. The fourth-order valence-electron chi connectivity index (χ4n) is 1.88. The molecule has 0 aliphatic heterocycles. The highest BCUT2D eigenvalue weighted by Gasteiger charge is 2.15. The van der Waals surface area contributed by atoms with Gasteiger partial charge in [-0.25, -0.2) is 0 Å². The van der Waals surface area contributed by atoms with Crippen LogP contribution in [0.2, 0.25) is 0 Å². The van der Waals surface area contributed by atoms with E-state index in [-0.39, 0.29) is 5.60 Å². The van der Waals surface area contributed by atoms with Crippen molar-refractivity contribution in [1.82, 2.24) is 4.98 Å². The number of hydrogen-bond donors (Lipinski definition) is 1. The summed E-state index contributed by atoms with van der Waals surface area (Å²) >= 11 is 0. The summed E-state index contributed by atoms with van der Waals surface area (Å²) < 4.78 is 5.41. The molecule has 1 N–H and O–H groups in total. The molecule has 96 valence electrons. The summed E-state index contributed by atoms with van der Waals surface area (Å²) in [7, 11) is 1.75. The van der Waals surface area contributed by atoms with Gasteiger partial charge in [-0.05, 0) is 32.4 Å². The van der Waals surface area contributed by atoms with Gasteiger partial charge in [-0.15, -0.1) is 0 Å². The zero-order chi connectivity index (χ0) is 13.0. The average molecular weight is 244 g/mol. The maximum atomic E-state index is 5.41. The van der Waals surface area contributed by atoms with Crippen LogP contribution in [0.15, 0.2) is 36.7 Å². The molecule has 18 heavy (non-hydrogen) atoms. The zero-order valence-corrected chi connectivity index (χ0v) is 11.2. The van der Waals surface area contributed by atoms with Crippen LogP contribution >= 0.6 is 0 Å². The van der Waals surface area contributed by atoms with E-state index in [0.29, 0.717) is 0 Å². The lowest BCUT2D eigenvalue weighted by Gasteiger charge is -2.23. The molecule has 2 rings (SSSR count). The molecule has 0 fully saturated rings. The molecule has 0 spiro atoms. The molecular formula is C15H20N2O. The Bertz CT molecular complexity index is 517. The third-order valence-corrected chi connectivity index (χ3v) is 3.28. The first-order valence-electron chi connectivity index (χ1n) is 6.24. The molecule has 3 nitrogen and oxygen atoms in total. The van der Waals surface area contributed by atoms with E-state index < -0.39 is 0 Å². The Labute approximate surface area is 108 Å². The first kappa shape index (κ1) is 12.8. The predicted molar refractivity (Wildman–Crippen MR) is 75.9 cm³/mol. The number of pyridine rings is 1. The van der Waals surface area contributed by atoms with Gasteiger partial charge in [-0.1, -0.05) is 12.1 Å². The molecule has 1 aromatic heterocycles. The second kappa shape index (κ2) is 5.36. The quantitative estimate of drug-likeness (QED) is 0.874. The number of benzene rings is 1. The number of hydrogen-bond acceptors (Lipinski definition) is 3. The summed E-state index contributed by atoms with van der Waals surface area (Å²) in [6.07, 6.45) is 4.68. The number of nitrogens with one attached hydrogen (secondary N) is 1. The highest BCUT2D eigenvalue weighted by atomic mass is 16.5. The summed E-state index contributed by atoms with van der Waals surface area (Å²) in [5.41, 5.74) is 1.07. The third kappa shape index (κ3) is 2.99. The lowest BCUT2D eigenvalue weighted by atomic mass is 10.1. The van der Waals surface area contributed by atoms with E-state index in [1.54, 1.807) is 7.11 Å². The van der Waals surface area contributed by atoms with Crippen molar-refractivity contribution in [2.45, 2.75) is 25.9 Å². The lowest BCUT2D eigenvalue weighted by Crippen LogP contribution is -2.25. The first-order valence-corrected chi connectivity index (χ1v) is 6.24. The fourth-order valence-corrected chi connectivity index (χ4v) is 1.88. The summed E-state index contributed by atoms with van der Waals surface area (Å²) in [6.45, 7) is 5.09. The smallest absolute Gasteiger partial charge is 0.0639 e. The molecule has 3 heteroatoms. The van der Waals surface area contributed by atoms with Crippen molar-refractivity contribution < 1.29 is 4.74 Å². The topological polar surface area (TPSA) is 34.1 Å². The minimum atomic E-state index is -0.0842. The van der Waals surface area contributed by atoms with Crippen LogP contribution in [-0.2, 0) is 4.74 Å². The molecule has 0 bridgehead atoms. The zero-order valence-electron chi connectivity index (χ0n) is 11.2. The maximum absolute atomic E-state index is 5.41. The third-order valence-electron chi connectivity index (χ3n) is 3.28. The average Bonchev–Trinajstić information content (AvgIpc) is 2.39. The molecule has 2 aromatic rings. The van der Waals surface area contributed by atoms with Crippen molar-refractivity contribution in [3.05, 3.63) is 36.7 Å². The maximum Gasteiger partial charge on any atom is 0.0639 e. The van der Waals surface area contributed by atoms with Crippen molar-refractivity contribution in [1.29, 1.82) is 0 Å². The van der Waals surface area contributed by atoms with Crippen LogP contribution in [0.25, 0.3) is 10.8 Å². The number of aromatic nitrogens is 1. The lowest BCUT2D eigenvalue weighted by molar-refractivity contribution is 0.0185. The molecule has 0 aliphatic carbocycles. The second-order valence-corrected chi connectivity index (χ2v) is 5.04. The molecule has 0 saturated heterocycles. The van der Waals surface area contributed by atoms with Crippen LogP contribution in [0.4, 0.5) is 5.69 Å². The Hall–Kier alpha value is -1.61. The van der Waals surface area contributed by atoms with Crippen LogP contribution < -0.4 is 5.32 Å². The molecular weight excluding hydrogens is 224 g/mol. The predicted octanol–water partition coefficient (Wildman–Crippen LogP) is 3.46. The van der Waals surface area contributed by atoms with Gasteiger partial charge in [-0.2, -0.15) is 0 Å². The van der Waals surface area contributed by atoms with E-state index in [9.17, 15) is 0 Å². The molecule has 0 amide bonds. The van der Waals surface area contributed by atoms with Gasteiger partial charge in [0.05, 0.1) is 5.60 Å². The monoisotopic (exact) mass is 244 g/mol. The van der Waals surface area contributed by atoms with Gasteiger partial charge < -0.3 is 10.1 Å².